The fourth-order valence-electron chi connectivity index (χ4n) is 2.93. The van der Waals surface area contributed by atoms with Crippen LogP contribution >= 0.6 is 0 Å². The molecule has 1 aromatic heterocycles. The molecule has 20 heteroatoms. The molecule has 49 heavy (non-hydrogen) atoms. The van der Waals surface area contributed by atoms with E-state index >= 15 is 0 Å². The fourth-order valence-corrected chi connectivity index (χ4v) is 2.93. The molecule has 0 saturated carbocycles. The number of imidazole rings is 1. The van der Waals surface area contributed by atoms with Crippen molar-refractivity contribution >= 4 is 35.8 Å². The van der Waals surface area contributed by atoms with Crippen molar-refractivity contribution in [3.05, 3.63) is 54.1 Å². The van der Waals surface area contributed by atoms with Gasteiger partial charge in [-0.1, -0.05) is 44.2 Å². The van der Waals surface area contributed by atoms with Gasteiger partial charge in [0.25, 0.3) is 0 Å². The Morgan fingerprint density at radius 3 is 1.59 bits per heavy atom. The quantitative estimate of drug-likeness (QED) is 0.0539. The molecule has 4 unspecified atom stereocenters. The van der Waals surface area contributed by atoms with Gasteiger partial charge in [-0.3, -0.25) is 29.0 Å². The Morgan fingerprint density at radius 2 is 1.24 bits per heavy atom. The van der Waals surface area contributed by atoms with Crippen molar-refractivity contribution < 1.29 is 49.5 Å². The van der Waals surface area contributed by atoms with Gasteiger partial charge in [0.1, 0.15) is 24.2 Å². The molecule has 278 valence electrons. The second-order valence-corrected chi connectivity index (χ2v) is 10.4. The summed E-state index contributed by atoms with van der Waals surface area (Å²) in [7, 11) is 0. The van der Waals surface area contributed by atoms with Crippen molar-refractivity contribution in [1.29, 1.82) is 0 Å². The smallest absolute Gasteiger partial charge is 0.320 e. The van der Waals surface area contributed by atoms with Crippen LogP contribution in [0.5, 0.6) is 0 Å². The lowest BCUT2D eigenvalue weighted by atomic mass is 10.1. The van der Waals surface area contributed by atoms with Crippen LogP contribution in [0.3, 0.4) is 0 Å². The number of nitrogens with two attached hydrogens (primary N) is 7. The largest absolute Gasteiger partial charge is 0.480 e. The lowest BCUT2D eigenvalue weighted by Gasteiger charge is -2.07. The molecule has 20 nitrogen and oxygen atoms in total. The van der Waals surface area contributed by atoms with Gasteiger partial charge in [0, 0.05) is 24.9 Å². The average Bonchev–Trinajstić information content (AvgIpc) is 3.53. The fraction of sp³-hybridized carbons (Fsp3) is 0.483. The monoisotopic (exact) mass is 700 g/mol. The van der Waals surface area contributed by atoms with Gasteiger partial charge in [0.15, 0.2) is 5.96 Å². The molecule has 2 rings (SSSR count). The van der Waals surface area contributed by atoms with Gasteiger partial charge >= 0.3 is 29.8 Å². The molecule has 0 radical (unpaired) electrons. The Labute approximate surface area is 283 Å². The summed E-state index contributed by atoms with van der Waals surface area (Å²) in [6.07, 6.45) is 5.23. The maximum atomic E-state index is 10.4. The number of aromatic nitrogens is 2. The predicted octanol–water partition coefficient (Wildman–Crippen LogP) is -2.07. The van der Waals surface area contributed by atoms with E-state index < -0.39 is 54.0 Å². The maximum absolute atomic E-state index is 10.4. The number of carboxylic acid groups (broad SMARTS) is 5. The summed E-state index contributed by atoms with van der Waals surface area (Å²) in [6.45, 7) is 4.04. The Kier molecular flexibility index (Phi) is 28.6. The van der Waals surface area contributed by atoms with Gasteiger partial charge in [0.05, 0.1) is 12.9 Å². The van der Waals surface area contributed by atoms with Crippen LogP contribution in [0.4, 0.5) is 0 Å². The normalized spacial score (nSPS) is 12.2. The van der Waals surface area contributed by atoms with Crippen molar-refractivity contribution in [2.75, 3.05) is 13.1 Å². The third-order valence-corrected chi connectivity index (χ3v) is 5.43. The molecule has 2 aromatic rings. The molecular weight excluding hydrogens is 648 g/mol. The van der Waals surface area contributed by atoms with Gasteiger partial charge < -0.3 is 70.7 Å². The number of hydrogen-bond acceptors (Lipinski definition) is 12. The summed E-state index contributed by atoms with van der Waals surface area (Å²) in [4.78, 5) is 60.4. The Balaban J connectivity index is -0.000000553. The number of aliphatic carboxylic acids is 5. The van der Waals surface area contributed by atoms with Crippen molar-refractivity contribution in [2.24, 2.45) is 51.0 Å². The highest BCUT2D eigenvalue weighted by Gasteiger charge is 2.13. The van der Waals surface area contributed by atoms with E-state index in [9.17, 15) is 24.0 Å². The molecule has 1 aromatic carbocycles. The van der Waals surface area contributed by atoms with E-state index in [1.54, 1.807) is 6.20 Å². The maximum Gasteiger partial charge on any atom is 0.320 e. The number of guanidine groups is 1. The predicted molar refractivity (Wildman–Crippen MR) is 181 cm³/mol. The highest BCUT2D eigenvalue weighted by molar-refractivity contribution is 5.76. The van der Waals surface area contributed by atoms with E-state index in [1.165, 1.54) is 6.33 Å². The van der Waals surface area contributed by atoms with Crippen LogP contribution in [0.25, 0.3) is 0 Å². The first kappa shape index (κ1) is 48.2. The molecule has 0 spiro atoms. The molecule has 0 bridgehead atoms. The minimum absolute atomic E-state index is 0.0129. The van der Waals surface area contributed by atoms with Crippen molar-refractivity contribution in [2.45, 2.75) is 70.1 Å². The van der Waals surface area contributed by atoms with Crippen molar-refractivity contribution in [3.63, 3.8) is 0 Å². The number of H-pyrrole nitrogens is 1. The third kappa shape index (κ3) is 32.6. The lowest BCUT2D eigenvalue weighted by molar-refractivity contribution is -0.139. The number of nitrogens with zero attached hydrogens (tertiary/aromatic N) is 2. The number of nitrogens with one attached hydrogen (secondary N) is 1. The first-order chi connectivity index (χ1) is 22.7. The summed E-state index contributed by atoms with van der Waals surface area (Å²) in [5, 5.41) is 41.2. The first-order valence-electron chi connectivity index (χ1n) is 14.7. The first-order valence-corrected chi connectivity index (χ1v) is 14.7. The highest BCUT2D eigenvalue weighted by atomic mass is 16.4. The summed E-state index contributed by atoms with van der Waals surface area (Å²) < 4.78 is 0. The van der Waals surface area contributed by atoms with Crippen LogP contribution in [-0.2, 0) is 36.8 Å². The zero-order chi connectivity index (χ0) is 38.5. The molecule has 0 amide bonds. The number of carboxylic acids is 5. The van der Waals surface area contributed by atoms with Crippen LogP contribution in [0, 0.1) is 5.92 Å². The minimum atomic E-state index is -1.00. The number of aliphatic imine (C=N–C) groups is 1. The number of carbonyl (C=O) groups is 5. The lowest BCUT2D eigenvalue weighted by Crippen LogP contribution is -2.32. The zero-order valence-corrected chi connectivity index (χ0v) is 27.6. The molecule has 0 aliphatic heterocycles. The van der Waals surface area contributed by atoms with Gasteiger partial charge in [-0.2, -0.15) is 0 Å². The zero-order valence-electron chi connectivity index (χ0n) is 27.6. The topological polar surface area (TPSA) is 410 Å². The summed E-state index contributed by atoms with van der Waals surface area (Å²) in [6, 6.07) is 6.18. The number of rotatable bonds is 15. The molecule has 0 saturated heterocycles. The Bertz CT molecular complexity index is 1230. The second kappa shape index (κ2) is 29.0. The van der Waals surface area contributed by atoms with Crippen LogP contribution in [0.15, 0.2) is 47.8 Å². The SMILES string of the molecule is CC(C)CC(N)C(=O)O.NC(Cc1ccccc1)C(=O)O.NC(Cc1cnc[nH]1)C(=O)O.NC(N)=NCCCC(N)C(=O)O.NCC(=O)O. The van der Waals surface area contributed by atoms with Crippen molar-refractivity contribution in [1.82, 2.24) is 9.97 Å². The third-order valence-electron chi connectivity index (χ3n) is 5.43. The summed E-state index contributed by atoms with van der Waals surface area (Å²) in [5.74, 6) is -4.47. The molecule has 0 fully saturated rings. The van der Waals surface area contributed by atoms with Gasteiger partial charge in [-0.15, -0.1) is 0 Å². The molecule has 1 heterocycles. The molecule has 4 atom stereocenters. The van der Waals surface area contributed by atoms with E-state index in [4.69, 9.17) is 59.9 Å². The average molecular weight is 701 g/mol. The molecule has 0 aliphatic rings. The summed E-state index contributed by atoms with van der Waals surface area (Å²) in [5.41, 5.74) is 37.4. The van der Waals surface area contributed by atoms with E-state index in [0.29, 0.717) is 38.1 Å². The summed E-state index contributed by atoms with van der Waals surface area (Å²) >= 11 is 0. The van der Waals surface area contributed by atoms with Gasteiger partial charge in [0.2, 0.25) is 0 Å². The number of benzene rings is 1. The van der Waals surface area contributed by atoms with Gasteiger partial charge in [-0.25, -0.2) is 4.98 Å². The van der Waals surface area contributed by atoms with Crippen LogP contribution in [0.2, 0.25) is 0 Å². The molecule has 0 aliphatic carbocycles. The van der Waals surface area contributed by atoms with E-state index in [1.807, 2.05) is 44.2 Å². The number of hydrogen-bond donors (Lipinski definition) is 13. The second-order valence-electron chi connectivity index (χ2n) is 10.4. The highest BCUT2D eigenvalue weighted by Crippen LogP contribution is 2.02. The standard InChI is InChI=1S/C9H11NO2.C6H14N4O2.C6H9N3O2.C6H13NO2.C2H5NO2/c10-8(9(11)12)6-7-4-2-1-3-5-7;7-4(5(11)12)2-1-3-10-6(8)9;7-5(6(10)11)1-4-2-8-3-9-4;1-4(2)3-5(7)6(8)9;3-1-2(4)5/h1-5,8H,6,10H2,(H,11,12);4H,1-3,7H2,(H,11,12)(H4,8,9,10);2-3,5H,1,7H2,(H,8,9)(H,10,11);4-5H,3,7H2,1-2H3,(H,8,9);1,3H2,(H,4,5). The molecular formula is C29H52N10O10. The van der Waals surface area contributed by atoms with E-state index in [2.05, 4.69) is 20.7 Å². The van der Waals surface area contributed by atoms with Crippen LogP contribution in [-0.4, -0.2) is 109 Å². The van der Waals surface area contributed by atoms with Gasteiger partial charge in [-0.05, 0) is 37.2 Å². The Hall–Kier alpha value is -5.15. The van der Waals surface area contributed by atoms with E-state index in [-0.39, 0.29) is 18.9 Å². The van der Waals surface area contributed by atoms with Crippen LogP contribution < -0.4 is 40.1 Å². The van der Waals surface area contributed by atoms with Crippen molar-refractivity contribution in [3.8, 4) is 0 Å². The Morgan fingerprint density at radius 1 is 0.776 bits per heavy atom. The van der Waals surface area contributed by atoms with E-state index in [0.717, 1.165) is 11.3 Å². The minimum Gasteiger partial charge on any atom is -0.480 e. The van der Waals surface area contributed by atoms with Crippen LogP contribution in [0.1, 0.15) is 44.4 Å². The molecule has 20 N–H and O–H groups in total. The number of aromatic amines is 1.